The first-order chi connectivity index (χ1) is 9.15. The van der Waals surface area contributed by atoms with Gasteiger partial charge >= 0.3 is 0 Å². The first kappa shape index (κ1) is 16.0. The second kappa shape index (κ2) is 8.93. The number of unbranched alkanes of at least 4 members (excludes halogenated alkanes) is 5. The fraction of sp³-hybridized carbons (Fsp3) is 0.692. The number of aromatic nitrogens is 2. The van der Waals surface area contributed by atoms with Gasteiger partial charge in [-0.1, -0.05) is 50.6 Å². The molecule has 1 aromatic rings. The molecule has 0 aromatic carbocycles. The average molecular weight is 287 g/mol. The van der Waals surface area contributed by atoms with Gasteiger partial charge in [0.1, 0.15) is 18.2 Å². The lowest BCUT2D eigenvalue weighted by Crippen LogP contribution is -2.20. The predicted molar refractivity (Wildman–Crippen MR) is 79.1 cm³/mol. The van der Waals surface area contributed by atoms with Gasteiger partial charge in [-0.2, -0.15) is 0 Å². The Balaban J connectivity index is 2.23. The minimum Gasteiger partial charge on any atom is -0.393 e. The van der Waals surface area contributed by atoms with E-state index in [-0.39, 0.29) is 10.8 Å². The van der Waals surface area contributed by atoms with Gasteiger partial charge in [0.15, 0.2) is 11.0 Å². The van der Waals surface area contributed by atoms with Crippen LogP contribution in [0.1, 0.15) is 51.9 Å². The minimum absolute atomic E-state index is 0.198. The largest absolute Gasteiger partial charge is 0.393 e. The zero-order valence-electron chi connectivity index (χ0n) is 11.4. The molecular weight excluding hydrogens is 264 g/mol. The quantitative estimate of drug-likeness (QED) is 0.369. The molecule has 1 heterocycles. The Morgan fingerprint density at radius 2 is 1.95 bits per heavy atom. The Morgan fingerprint density at radius 3 is 2.68 bits per heavy atom. The molecule has 0 saturated heterocycles. The van der Waals surface area contributed by atoms with Crippen LogP contribution in [-0.4, -0.2) is 21.3 Å². The van der Waals surface area contributed by atoms with E-state index >= 15 is 0 Å². The van der Waals surface area contributed by atoms with Crippen LogP contribution in [0.4, 0.5) is 11.5 Å². The Kier molecular flexibility index (Phi) is 7.52. The summed E-state index contributed by atoms with van der Waals surface area (Å²) in [4.78, 5) is 7.71. The molecule has 0 aliphatic carbocycles. The third kappa shape index (κ3) is 6.07. The van der Waals surface area contributed by atoms with Crippen LogP contribution in [0.5, 0.6) is 0 Å². The standard InChI is InChI=1S/C13H23ClN4O/c1-2-3-4-5-6-7-8-10(19)18-13-11(15)12(14)16-9-17-13/h9-10,19H,2-8,15H2,1H3,(H,16,17,18). The maximum Gasteiger partial charge on any atom is 0.157 e. The van der Waals surface area contributed by atoms with Crippen LogP contribution in [0.15, 0.2) is 6.33 Å². The van der Waals surface area contributed by atoms with Gasteiger partial charge in [-0.15, -0.1) is 0 Å². The molecule has 0 aliphatic heterocycles. The van der Waals surface area contributed by atoms with E-state index in [2.05, 4.69) is 22.2 Å². The van der Waals surface area contributed by atoms with Crippen molar-refractivity contribution in [3.8, 4) is 0 Å². The Labute approximate surface area is 119 Å². The maximum atomic E-state index is 9.85. The molecule has 0 fully saturated rings. The average Bonchev–Trinajstić information content (AvgIpc) is 2.39. The molecule has 0 spiro atoms. The van der Waals surface area contributed by atoms with Crippen LogP contribution in [0.2, 0.25) is 5.15 Å². The Morgan fingerprint density at radius 1 is 1.26 bits per heavy atom. The fourth-order valence-corrected chi connectivity index (χ4v) is 1.97. The molecular formula is C13H23ClN4O. The van der Waals surface area contributed by atoms with Crippen LogP contribution >= 0.6 is 11.6 Å². The minimum atomic E-state index is -0.653. The molecule has 0 amide bonds. The summed E-state index contributed by atoms with van der Waals surface area (Å²) in [6, 6.07) is 0. The van der Waals surface area contributed by atoms with Crippen LogP contribution in [0, 0.1) is 0 Å². The molecule has 5 nitrogen and oxygen atoms in total. The van der Waals surface area contributed by atoms with Crippen molar-refractivity contribution in [3.05, 3.63) is 11.5 Å². The summed E-state index contributed by atoms with van der Waals surface area (Å²) in [6.45, 7) is 2.20. The van der Waals surface area contributed by atoms with Crippen LogP contribution in [-0.2, 0) is 0 Å². The van der Waals surface area contributed by atoms with Gasteiger partial charge in [0.2, 0.25) is 0 Å². The molecule has 4 N–H and O–H groups in total. The number of nitrogens with two attached hydrogens (primary N) is 1. The van der Waals surface area contributed by atoms with E-state index in [1.54, 1.807) is 0 Å². The van der Waals surface area contributed by atoms with E-state index in [1.165, 1.54) is 32.0 Å². The molecule has 1 atom stereocenters. The van der Waals surface area contributed by atoms with E-state index < -0.39 is 6.23 Å². The lowest BCUT2D eigenvalue weighted by atomic mass is 10.1. The van der Waals surface area contributed by atoms with E-state index in [0.717, 1.165) is 12.8 Å². The summed E-state index contributed by atoms with van der Waals surface area (Å²) >= 11 is 5.77. The summed E-state index contributed by atoms with van der Waals surface area (Å²) in [5.41, 5.74) is 5.98. The van der Waals surface area contributed by atoms with Gasteiger partial charge in [0.25, 0.3) is 0 Å². The molecule has 0 saturated carbocycles. The first-order valence-corrected chi connectivity index (χ1v) is 7.23. The second-order valence-electron chi connectivity index (χ2n) is 4.64. The zero-order chi connectivity index (χ0) is 14.1. The summed E-state index contributed by atoms with van der Waals surface area (Å²) < 4.78 is 0. The monoisotopic (exact) mass is 286 g/mol. The highest BCUT2D eigenvalue weighted by molar-refractivity contribution is 6.32. The highest BCUT2D eigenvalue weighted by atomic mass is 35.5. The topological polar surface area (TPSA) is 84.1 Å². The first-order valence-electron chi connectivity index (χ1n) is 6.85. The maximum absolute atomic E-state index is 9.85. The van der Waals surface area contributed by atoms with Crippen molar-refractivity contribution in [1.29, 1.82) is 0 Å². The van der Waals surface area contributed by atoms with Crippen molar-refractivity contribution in [2.24, 2.45) is 0 Å². The Hall–Kier alpha value is -1.07. The van der Waals surface area contributed by atoms with Gasteiger partial charge in [-0.25, -0.2) is 9.97 Å². The van der Waals surface area contributed by atoms with E-state index in [4.69, 9.17) is 17.3 Å². The third-order valence-electron chi connectivity index (χ3n) is 2.97. The molecule has 6 heteroatoms. The number of hydrogen-bond donors (Lipinski definition) is 3. The molecule has 1 unspecified atom stereocenters. The van der Waals surface area contributed by atoms with Gasteiger partial charge in [0, 0.05) is 0 Å². The van der Waals surface area contributed by atoms with E-state index in [1.807, 2.05) is 0 Å². The van der Waals surface area contributed by atoms with Crippen molar-refractivity contribution in [2.45, 2.75) is 58.1 Å². The number of aliphatic hydroxyl groups excluding tert-OH is 1. The van der Waals surface area contributed by atoms with Gasteiger partial charge in [0.05, 0.1) is 0 Å². The van der Waals surface area contributed by atoms with Gasteiger partial charge in [-0.05, 0) is 12.8 Å². The summed E-state index contributed by atoms with van der Waals surface area (Å²) in [5.74, 6) is 0.387. The Bertz CT molecular complexity index is 376. The van der Waals surface area contributed by atoms with Crippen LogP contribution in [0.3, 0.4) is 0 Å². The number of aliphatic hydroxyl groups is 1. The number of hydrogen-bond acceptors (Lipinski definition) is 5. The predicted octanol–water partition coefficient (Wildman–Crippen LogP) is 3.19. The number of halogens is 1. The van der Waals surface area contributed by atoms with Gasteiger partial charge in [-0.3, -0.25) is 0 Å². The second-order valence-corrected chi connectivity index (χ2v) is 5.00. The normalized spacial score (nSPS) is 12.4. The van der Waals surface area contributed by atoms with Crippen molar-refractivity contribution < 1.29 is 5.11 Å². The summed E-state index contributed by atoms with van der Waals surface area (Å²) in [5, 5.41) is 12.9. The molecule has 1 aromatic heterocycles. The van der Waals surface area contributed by atoms with Crippen molar-refractivity contribution >= 4 is 23.1 Å². The van der Waals surface area contributed by atoms with Crippen LogP contribution < -0.4 is 11.1 Å². The lowest BCUT2D eigenvalue weighted by Gasteiger charge is -2.14. The highest BCUT2D eigenvalue weighted by Crippen LogP contribution is 2.22. The third-order valence-corrected chi connectivity index (χ3v) is 3.27. The number of nitrogen functional groups attached to an aromatic ring is 1. The summed E-state index contributed by atoms with van der Waals surface area (Å²) in [6.07, 6.45) is 8.49. The van der Waals surface area contributed by atoms with Crippen LogP contribution in [0.25, 0.3) is 0 Å². The van der Waals surface area contributed by atoms with E-state index in [9.17, 15) is 5.11 Å². The van der Waals surface area contributed by atoms with Gasteiger partial charge < -0.3 is 16.2 Å². The number of nitrogens with zero attached hydrogens (tertiary/aromatic N) is 2. The van der Waals surface area contributed by atoms with Crippen molar-refractivity contribution in [3.63, 3.8) is 0 Å². The smallest absolute Gasteiger partial charge is 0.157 e. The molecule has 19 heavy (non-hydrogen) atoms. The fourth-order valence-electron chi connectivity index (χ4n) is 1.84. The SMILES string of the molecule is CCCCCCCCC(O)Nc1ncnc(Cl)c1N. The molecule has 0 bridgehead atoms. The highest BCUT2D eigenvalue weighted by Gasteiger charge is 2.09. The zero-order valence-corrected chi connectivity index (χ0v) is 12.2. The molecule has 0 radical (unpaired) electrons. The molecule has 1 rings (SSSR count). The molecule has 0 aliphatic rings. The number of anilines is 2. The lowest BCUT2D eigenvalue weighted by molar-refractivity contribution is 0.188. The number of rotatable bonds is 9. The number of nitrogens with one attached hydrogen (secondary N) is 1. The molecule has 108 valence electrons. The van der Waals surface area contributed by atoms with E-state index in [0.29, 0.717) is 12.2 Å². The summed E-state index contributed by atoms with van der Waals surface area (Å²) in [7, 11) is 0. The van der Waals surface area contributed by atoms with Crippen molar-refractivity contribution in [1.82, 2.24) is 9.97 Å². The van der Waals surface area contributed by atoms with Crippen molar-refractivity contribution in [2.75, 3.05) is 11.1 Å².